The van der Waals surface area contributed by atoms with Crippen molar-refractivity contribution in [2.24, 2.45) is 5.73 Å². The van der Waals surface area contributed by atoms with Gasteiger partial charge in [-0.05, 0) is 12.1 Å². The lowest BCUT2D eigenvalue weighted by Crippen LogP contribution is -2.41. The van der Waals surface area contributed by atoms with Gasteiger partial charge in [0.2, 0.25) is 5.91 Å². The molecule has 2 bridgehead atoms. The van der Waals surface area contributed by atoms with Gasteiger partial charge in [0.05, 0.1) is 12.2 Å². The molecular weight excluding hydrogens is 318 g/mol. The van der Waals surface area contributed by atoms with Gasteiger partial charge in [-0.3, -0.25) is 4.79 Å². The molecule has 1 saturated heterocycles. The van der Waals surface area contributed by atoms with E-state index in [1.165, 1.54) is 4.90 Å². The van der Waals surface area contributed by atoms with Gasteiger partial charge in [-0.1, -0.05) is 18.2 Å². The molecule has 0 radical (unpaired) electrons. The molecule has 2 aromatic rings. The summed E-state index contributed by atoms with van der Waals surface area (Å²) in [7, 11) is 0. The molecule has 23 heavy (non-hydrogen) atoms. The molecule has 2 N–H and O–H groups in total. The Labute approximate surface area is 137 Å². The second kappa shape index (κ2) is 5.00. The van der Waals surface area contributed by atoms with Crippen molar-refractivity contribution in [1.82, 2.24) is 19.7 Å². The number of aromatic nitrogens is 2. The maximum atomic E-state index is 12.3. The number of hydrogen-bond donors (Lipinski definition) is 2. The van der Waals surface area contributed by atoms with E-state index in [0.29, 0.717) is 12.2 Å². The summed E-state index contributed by atoms with van der Waals surface area (Å²) in [6.45, 7) is 0.306. The largest absolute Gasteiger partial charge is 0.368 e. The third kappa shape index (κ3) is 1.93. The molecule has 118 valence electrons. The Balaban J connectivity index is 1.86. The Kier molecular flexibility index (Phi) is 3.06. The van der Waals surface area contributed by atoms with Crippen LogP contribution < -0.4 is 5.73 Å². The average molecular weight is 331 g/mol. The molecule has 2 aliphatic heterocycles. The Bertz CT molecular complexity index is 793. The molecule has 0 spiro atoms. The monoisotopic (exact) mass is 331 g/mol. The van der Waals surface area contributed by atoms with E-state index in [9.17, 15) is 9.59 Å². The Morgan fingerprint density at radius 2 is 2.09 bits per heavy atom. The summed E-state index contributed by atoms with van der Waals surface area (Å²) >= 11 is 3.74. The second-order valence-corrected chi connectivity index (χ2v) is 5.58. The molecule has 9 heteroatoms. The lowest BCUT2D eigenvalue weighted by atomic mass is 9.98. The number of rotatable bonds is 3. The van der Waals surface area contributed by atoms with Gasteiger partial charge in [0.1, 0.15) is 11.7 Å². The number of fused-ring (bicyclic) bond motifs is 4. The Morgan fingerprint density at radius 1 is 1.35 bits per heavy atom. The molecule has 1 aromatic carbocycles. The summed E-state index contributed by atoms with van der Waals surface area (Å²) in [6.07, 6.45) is 1.79. The van der Waals surface area contributed by atoms with Crippen LogP contribution in [0.4, 0.5) is 4.79 Å². The van der Waals surface area contributed by atoms with Crippen molar-refractivity contribution in [2.75, 3.05) is 6.54 Å². The zero-order valence-electron chi connectivity index (χ0n) is 11.9. The lowest BCUT2D eigenvalue weighted by molar-refractivity contribution is -0.122. The van der Waals surface area contributed by atoms with E-state index in [4.69, 9.17) is 10.0 Å². The Morgan fingerprint density at radius 3 is 2.74 bits per heavy atom. The van der Waals surface area contributed by atoms with Crippen LogP contribution in [0.1, 0.15) is 23.3 Å². The fraction of sp³-hybridized carbons (Fsp3) is 0.214. The van der Waals surface area contributed by atoms with Gasteiger partial charge >= 0.3 is 6.03 Å². The number of primary amides is 1. The van der Waals surface area contributed by atoms with E-state index >= 15 is 0 Å². The molecule has 2 unspecified atom stereocenters. The van der Waals surface area contributed by atoms with Crippen LogP contribution in [-0.4, -0.2) is 38.2 Å². The summed E-state index contributed by atoms with van der Waals surface area (Å²) in [4.78, 5) is 25.5. The summed E-state index contributed by atoms with van der Waals surface area (Å²) in [5.41, 5.74) is 7.55. The molecule has 1 aromatic heterocycles. The van der Waals surface area contributed by atoms with Gasteiger partial charge in [-0.25, -0.2) is 13.8 Å². The molecule has 8 nitrogen and oxygen atoms in total. The minimum Gasteiger partial charge on any atom is -0.368 e. The van der Waals surface area contributed by atoms with Crippen LogP contribution in [0.25, 0.3) is 5.69 Å². The van der Waals surface area contributed by atoms with Gasteiger partial charge in [0.15, 0.2) is 6.04 Å². The number of carbonyl (C=O) groups excluding carboxylic acids is 2. The molecule has 0 aliphatic carbocycles. The SMILES string of the molecule is NC(=O)C1c2nn(-c3ccccc3)cc2C2CN1C(=O)N2OS. The van der Waals surface area contributed by atoms with Crippen molar-refractivity contribution >= 4 is 24.8 Å². The molecule has 1 fully saturated rings. The van der Waals surface area contributed by atoms with Crippen LogP contribution in [0, 0.1) is 0 Å². The highest BCUT2D eigenvalue weighted by Crippen LogP contribution is 2.43. The van der Waals surface area contributed by atoms with E-state index in [1.807, 2.05) is 30.3 Å². The zero-order chi connectivity index (χ0) is 16.1. The number of hydrogen-bond acceptors (Lipinski definition) is 5. The third-order valence-electron chi connectivity index (χ3n) is 4.17. The van der Waals surface area contributed by atoms with Crippen molar-refractivity contribution in [3.8, 4) is 5.69 Å². The predicted octanol–water partition coefficient (Wildman–Crippen LogP) is 0.967. The first-order valence-electron chi connectivity index (χ1n) is 6.97. The van der Waals surface area contributed by atoms with Gasteiger partial charge in [0, 0.05) is 24.7 Å². The summed E-state index contributed by atoms with van der Waals surface area (Å²) < 4.78 is 6.55. The van der Waals surface area contributed by atoms with Gasteiger partial charge in [0.25, 0.3) is 0 Å². The zero-order valence-corrected chi connectivity index (χ0v) is 12.8. The molecule has 2 aliphatic rings. The van der Waals surface area contributed by atoms with E-state index in [0.717, 1.165) is 16.3 Å². The fourth-order valence-corrected chi connectivity index (χ4v) is 3.33. The second-order valence-electron chi connectivity index (χ2n) is 5.41. The molecule has 3 amide bonds. The molecule has 4 rings (SSSR count). The first kappa shape index (κ1) is 14.1. The van der Waals surface area contributed by atoms with Gasteiger partial charge < -0.3 is 10.6 Å². The molecular formula is C14H13N5O3S. The maximum Gasteiger partial charge on any atom is 0.346 e. The number of thiol groups is 1. The number of benzene rings is 1. The van der Waals surface area contributed by atoms with E-state index in [2.05, 4.69) is 18.0 Å². The fourth-order valence-electron chi connectivity index (χ4n) is 3.15. The first-order valence-corrected chi connectivity index (χ1v) is 7.34. The first-order chi connectivity index (χ1) is 11.1. The molecule has 3 heterocycles. The number of urea groups is 1. The number of carbonyl (C=O) groups is 2. The highest BCUT2D eigenvalue weighted by Gasteiger charge is 2.52. The standard InChI is InChI=1S/C14H13N5O3S/c15-13(20)12-11-9(10-7-17(12)14(21)19(10)22-23)6-18(16-11)8-4-2-1-3-5-8/h1-6,10,12,23H,7H2,(H2,15,20). The van der Waals surface area contributed by atoms with Crippen molar-refractivity contribution in [2.45, 2.75) is 12.1 Å². The van der Waals surface area contributed by atoms with Crippen molar-refractivity contribution in [3.63, 3.8) is 0 Å². The van der Waals surface area contributed by atoms with Crippen LogP contribution in [0.5, 0.6) is 0 Å². The van der Waals surface area contributed by atoms with E-state index in [1.54, 1.807) is 10.9 Å². The topological polar surface area (TPSA) is 93.7 Å². The Hall–Kier alpha value is -2.52. The highest BCUT2D eigenvalue weighted by molar-refractivity contribution is 7.75. The third-order valence-corrected chi connectivity index (χ3v) is 4.34. The maximum absolute atomic E-state index is 12.3. The van der Waals surface area contributed by atoms with Gasteiger partial charge in [-0.15, -0.1) is 0 Å². The minimum absolute atomic E-state index is 0.306. The highest BCUT2D eigenvalue weighted by atomic mass is 32.1. The lowest BCUT2D eigenvalue weighted by Gasteiger charge is -2.26. The van der Waals surface area contributed by atoms with Crippen LogP contribution in [0.2, 0.25) is 0 Å². The number of nitrogens with zero attached hydrogens (tertiary/aromatic N) is 4. The number of para-hydroxylation sites is 1. The van der Waals surface area contributed by atoms with E-state index < -0.39 is 18.0 Å². The number of nitrogens with two attached hydrogens (primary N) is 1. The van der Waals surface area contributed by atoms with Gasteiger partial charge in [-0.2, -0.15) is 10.2 Å². The van der Waals surface area contributed by atoms with Crippen LogP contribution in [0.3, 0.4) is 0 Å². The smallest absolute Gasteiger partial charge is 0.346 e. The van der Waals surface area contributed by atoms with Crippen molar-refractivity contribution in [1.29, 1.82) is 0 Å². The number of hydroxylamine groups is 2. The average Bonchev–Trinajstić information content (AvgIpc) is 3.10. The molecule has 2 atom stereocenters. The quantitative estimate of drug-likeness (QED) is 0.647. The number of amides is 3. The van der Waals surface area contributed by atoms with Crippen molar-refractivity contribution in [3.05, 3.63) is 47.8 Å². The van der Waals surface area contributed by atoms with Crippen LogP contribution in [0.15, 0.2) is 36.5 Å². The minimum atomic E-state index is -0.910. The van der Waals surface area contributed by atoms with E-state index in [-0.39, 0.29) is 6.04 Å². The summed E-state index contributed by atoms with van der Waals surface area (Å²) in [5, 5.41) is 5.61. The van der Waals surface area contributed by atoms with Crippen molar-refractivity contribution < 1.29 is 13.9 Å². The normalized spacial score (nSPS) is 22.4. The molecule has 0 saturated carbocycles. The summed E-state index contributed by atoms with van der Waals surface area (Å²) in [5.74, 6) is -0.627. The van der Waals surface area contributed by atoms with Crippen LogP contribution >= 0.6 is 12.9 Å². The summed E-state index contributed by atoms with van der Waals surface area (Å²) in [6, 6.07) is 7.76. The van der Waals surface area contributed by atoms with Crippen LogP contribution in [-0.2, 0) is 9.08 Å². The predicted molar refractivity (Wildman–Crippen MR) is 82.3 cm³/mol.